The topological polar surface area (TPSA) is 117 Å². The fourth-order valence-corrected chi connectivity index (χ4v) is 4.41. The van der Waals surface area contributed by atoms with Gasteiger partial charge in [-0.15, -0.1) is 10.2 Å². The second-order valence-corrected chi connectivity index (χ2v) is 8.76. The zero-order chi connectivity index (χ0) is 22.5. The number of hydrogen-bond acceptors (Lipinski definition) is 6. The Bertz CT molecular complexity index is 1380. The average Bonchev–Trinajstić information content (AvgIpc) is 3.18. The second kappa shape index (κ2) is 7.54. The molecule has 9 heteroatoms. The van der Waals surface area contributed by atoms with Gasteiger partial charge < -0.3 is 20.2 Å². The van der Waals surface area contributed by atoms with Gasteiger partial charge in [0.15, 0.2) is 5.82 Å². The van der Waals surface area contributed by atoms with Crippen molar-refractivity contribution in [3.63, 3.8) is 0 Å². The van der Waals surface area contributed by atoms with Crippen molar-refractivity contribution in [3.8, 4) is 17.2 Å². The molecule has 33 heavy (non-hydrogen) atoms. The lowest BCUT2D eigenvalue weighted by atomic mass is 10.1. The van der Waals surface area contributed by atoms with Crippen LogP contribution in [0.1, 0.15) is 52.6 Å². The number of rotatable bonds is 5. The lowest BCUT2D eigenvalue weighted by molar-refractivity contribution is 0.102. The number of pyridine rings is 1. The van der Waals surface area contributed by atoms with Crippen molar-refractivity contribution in [2.45, 2.75) is 45.1 Å². The van der Waals surface area contributed by atoms with Gasteiger partial charge in [0.1, 0.15) is 17.3 Å². The number of anilines is 2. The number of nitrogens with two attached hydrogens (primary N) is 1. The molecule has 0 bridgehead atoms. The number of imidazole rings is 1. The molecule has 1 aromatic carbocycles. The van der Waals surface area contributed by atoms with Gasteiger partial charge in [0, 0.05) is 30.8 Å². The number of nitrogens with zero attached hydrogens (tertiary/aromatic N) is 6. The van der Waals surface area contributed by atoms with Crippen molar-refractivity contribution < 1.29 is 4.79 Å². The highest BCUT2D eigenvalue weighted by Gasteiger charge is 2.26. The monoisotopic (exact) mass is 440 g/mol. The first-order chi connectivity index (χ1) is 16.1. The first kappa shape index (κ1) is 19.7. The number of aromatic nitrogens is 6. The van der Waals surface area contributed by atoms with Gasteiger partial charge in [-0.05, 0) is 56.0 Å². The fraction of sp³-hybridized carbons (Fsp3) is 0.292. The first-order valence-electron chi connectivity index (χ1n) is 11.2. The standard InChI is InChI=1S/C24H24N8O/c1-14-10-17(25)16(11-20(14)31-12-19(26-13-31)15-7-8-15)24(33)28-21-5-2-4-18(27-21)23-30-29-22-6-3-9-32(22)23/h2,4-5,10-13,15H,3,6-9,25H2,1H3,(H,27,28,33). The Balaban J connectivity index is 1.28. The predicted octanol–water partition coefficient (Wildman–Crippen LogP) is 3.49. The number of amides is 1. The van der Waals surface area contributed by atoms with Crippen molar-refractivity contribution in [1.82, 2.24) is 29.3 Å². The molecule has 9 nitrogen and oxygen atoms in total. The van der Waals surface area contributed by atoms with E-state index in [1.165, 1.54) is 12.8 Å². The van der Waals surface area contributed by atoms with E-state index < -0.39 is 0 Å². The molecule has 2 aliphatic rings. The van der Waals surface area contributed by atoms with E-state index in [0.717, 1.165) is 48.0 Å². The third-order valence-corrected chi connectivity index (χ3v) is 6.32. The summed E-state index contributed by atoms with van der Waals surface area (Å²) in [5.74, 6) is 2.39. The van der Waals surface area contributed by atoms with Crippen LogP contribution in [0.2, 0.25) is 0 Å². The van der Waals surface area contributed by atoms with E-state index >= 15 is 0 Å². The van der Waals surface area contributed by atoms with Crippen LogP contribution < -0.4 is 11.1 Å². The Morgan fingerprint density at radius 3 is 2.94 bits per heavy atom. The normalized spacial score (nSPS) is 14.9. The summed E-state index contributed by atoms with van der Waals surface area (Å²) in [5, 5.41) is 11.4. The highest BCUT2D eigenvalue weighted by Crippen LogP contribution is 2.39. The van der Waals surface area contributed by atoms with Crippen molar-refractivity contribution in [2.24, 2.45) is 0 Å². The summed E-state index contributed by atoms with van der Waals surface area (Å²) < 4.78 is 4.04. The van der Waals surface area contributed by atoms with E-state index in [1.807, 2.05) is 42.0 Å². The van der Waals surface area contributed by atoms with E-state index in [4.69, 9.17) is 5.73 Å². The van der Waals surface area contributed by atoms with Crippen LogP contribution in [0.25, 0.3) is 17.2 Å². The molecule has 0 spiro atoms. The van der Waals surface area contributed by atoms with Crippen LogP contribution in [0.15, 0.2) is 42.9 Å². The van der Waals surface area contributed by atoms with E-state index in [-0.39, 0.29) is 5.91 Å². The summed E-state index contributed by atoms with van der Waals surface area (Å²) in [6.45, 7) is 2.86. The average molecular weight is 441 g/mol. The van der Waals surface area contributed by atoms with Crippen molar-refractivity contribution in [1.29, 1.82) is 0 Å². The molecule has 3 aromatic heterocycles. The van der Waals surface area contributed by atoms with Crippen LogP contribution in [0.3, 0.4) is 0 Å². The highest BCUT2D eigenvalue weighted by molar-refractivity contribution is 6.08. The molecule has 4 aromatic rings. The summed E-state index contributed by atoms with van der Waals surface area (Å²) >= 11 is 0. The van der Waals surface area contributed by atoms with E-state index in [2.05, 4.69) is 30.0 Å². The summed E-state index contributed by atoms with van der Waals surface area (Å²) in [7, 11) is 0. The number of aryl methyl sites for hydroxylation is 2. The fourth-order valence-electron chi connectivity index (χ4n) is 4.41. The Kier molecular flexibility index (Phi) is 4.49. The molecule has 3 N–H and O–H groups in total. The minimum Gasteiger partial charge on any atom is -0.398 e. The number of carbonyl (C=O) groups excluding carboxylic acids is 1. The minimum absolute atomic E-state index is 0.313. The number of hydrogen-bond donors (Lipinski definition) is 2. The molecule has 166 valence electrons. The van der Waals surface area contributed by atoms with E-state index in [0.29, 0.717) is 28.7 Å². The van der Waals surface area contributed by atoms with Gasteiger partial charge in [0.25, 0.3) is 5.91 Å². The van der Waals surface area contributed by atoms with E-state index in [9.17, 15) is 4.79 Å². The van der Waals surface area contributed by atoms with Crippen LogP contribution in [0.5, 0.6) is 0 Å². The molecule has 0 atom stereocenters. The summed E-state index contributed by atoms with van der Waals surface area (Å²) in [4.78, 5) is 22.3. The van der Waals surface area contributed by atoms with E-state index in [1.54, 1.807) is 12.4 Å². The molecule has 1 aliphatic carbocycles. The van der Waals surface area contributed by atoms with Gasteiger partial charge in [-0.3, -0.25) is 4.79 Å². The zero-order valence-electron chi connectivity index (χ0n) is 18.3. The second-order valence-electron chi connectivity index (χ2n) is 8.76. The Hall–Kier alpha value is -4.01. The lowest BCUT2D eigenvalue weighted by Crippen LogP contribution is -2.16. The molecule has 6 rings (SSSR count). The van der Waals surface area contributed by atoms with Crippen LogP contribution in [-0.4, -0.2) is 35.2 Å². The summed E-state index contributed by atoms with van der Waals surface area (Å²) in [6, 6.07) is 9.12. The smallest absolute Gasteiger partial charge is 0.258 e. The number of carbonyl (C=O) groups is 1. The molecule has 1 amide bonds. The first-order valence-corrected chi connectivity index (χ1v) is 11.2. The number of nitrogen functional groups attached to an aromatic ring is 1. The van der Waals surface area contributed by atoms with Crippen LogP contribution in [0, 0.1) is 6.92 Å². The summed E-state index contributed by atoms with van der Waals surface area (Å²) in [6.07, 6.45) is 8.21. The molecule has 1 fully saturated rings. The van der Waals surface area contributed by atoms with Gasteiger partial charge in [0.05, 0.1) is 23.3 Å². The predicted molar refractivity (Wildman–Crippen MR) is 124 cm³/mol. The molecular formula is C24H24N8O. The minimum atomic E-state index is -0.313. The van der Waals surface area contributed by atoms with Crippen LogP contribution >= 0.6 is 0 Å². The van der Waals surface area contributed by atoms with Crippen LogP contribution in [0.4, 0.5) is 11.5 Å². The molecule has 0 radical (unpaired) electrons. The number of benzene rings is 1. The van der Waals surface area contributed by atoms with Gasteiger partial charge >= 0.3 is 0 Å². The van der Waals surface area contributed by atoms with Gasteiger partial charge in [-0.2, -0.15) is 0 Å². The van der Waals surface area contributed by atoms with Gasteiger partial charge in [0.2, 0.25) is 0 Å². The summed E-state index contributed by atoms with van der Waals surface area (Å²) in [5.41, 5.74) is 10.7. The third kappa shape index (κ3) is 3.55. The molecule has 0 saturated heterocycles. The van der Waals surface area contributed by atoms with Crippen LogP contribution in [-0.2, 0) is 13.0 Å². The quantitative estimate of drug-likeness (QED) is 0.459. The molecular weight excluding hydrogens is 416 g/mol. The molecule has 1 aliphatic heterocycles. The maximum Gasteiger partial charge on any atom is 0.258 e. The lowest BCUT2D eigenvalue weighted by Gasteiger charge is -2.13. The van der Waals surface area contributed by atoms with Gasteiger partial charge in [-0.25, -0.2) is 9.97 Å². The number of nitrogens with one attached hydrogen (secondary N) is 1. The largest absolute Gasteiger partial charge is 0.398 e. The maximum absolute atomic E-state index is 13.1. The van der Waals surface area contributed by atoms with Crippen molar-refractivity contribution >= 4 is 17.4 Å². The Morgan fingerprint density at radius 1 is 1.21 bits per heavy atom. The molecule has 4 heterocycles. The molecule has 0 unspecified atom stereocenters. The Labute approximate surface area is 190 Å². The SMILES string of the molecule is Cc1cc(N)c(C(=O)Nc2cccc(-c3nnc4n3CCC4)n2)cc1-n1cnc(C2CC2)c1. The number of fused-ring (bicyclic) bond motifs is 1. The Morgan fingerprint density at radius 2 is 2.09 bits per heavy atom. The highest BCUT2D eigenvalue weighted by atomic mass is 16.1. The van der Waals surface area contributed by atoms with Crippen molar-refractivity contribution in [2.75, 3.05) is 11.1 Å². The maximum atomic E-state index is 13.1. The third-order valence-electron chi connectivity index (χ3n) is 6.32. The van der Waals surface area contributed by atoms with Crippen molar-refractivity contribution in [3.05, 3.63) is 65.5 Å². The molecule has 1 saturated carbocycles. The zero-order valence-corrected chi connectivity index (χ0v) is 18.3. The van der Waals surface area contributed by atoms with Gasteiger partial charge in [-0.1, -0.05) is 6.07 Å².